The molecule has 0 spiro atoms. The Bertz CT molecular complexity index is 876. The number of rotatable bonds is 3. The molecule has 0 saturated heterocycles. The normalized spacial score (nSPS) is 10.4. The summed E-state index contributed by atoms with van der Waals surface area (Å²) in [6.45, 7) is 2.05. The van der Waals surface area contributed by atoms with Crippen molar-refractivity contribution in [3.8, 4) is 17.2 Å². The maximum atomic E-state index is 12.1. The molecule has 3 rings (SSSR count). The first-order chi connectivity index (χ1) is 10.7. The zero-order valence-electron chi connectivity index (χ0n) is 12.0. The van der Waals surface area contributed by atoms with E-state index in [1.807, 2.05) is 24.3 Å². The lowest BCUT2D eigenvalue weighted by Crippen LogP contribution is -2.04. The van der Waals surface area contributed by atoms with E-state index in [0.717, 1.165) is 11.1 Å². The molecule has 0 bridgehead atoms. The average molecular weight is 291 g/mol. The number of ether oxygens (including phenoxy) is 1. The average Bonchev–Trinajstić information content (AvgIpc) is 2.94. The molecule has 0 aliphatic carbocycles. The van der Waals surface area contributed by atoms with Crippen LogP contribution in [0.4, 0.5) is 0 Å². The monoisotopic (exact) mass is 291 g/mol. The molecule has 5 heteroatoms. The summed E-state index contributed by atoms with van der Waals surface area (Å²) in [5.41, 5.74) is 3.40. The molecule has 0 amide bonds. The second-order valence-corrected chi connectivity index (χ2v) is 4.68. The molecule has 0 atom stereocenters. The Kier molecular flexibility index (Phi) is 3.58. The molecule has 5 nitrogen and oxygen atoms in total. The third-order valence-electron chi connectivity index (χ3n) is 3.40. The number of carbonyl (C=O) groups excluding carboxylic acids is 1. The number of pyridine rings is 2. The molecule has 0 fully saturated rings. The van der Waals surface area contributed by atoms with Crippen molar-refractivity contribution in [3.63, 3.8) is 0 Å². The highest BCUT2D eigenvalue weighted by Gasteiger charge is 2.17. The largest absolute Gasteiger partial charge is 0.462 e. The van der Waals surface area contributed by atoms with E-state index < -0.39 is 5.97 Å². The molecule has 0 aliphatic rings. The standard InChI is InChI=1S/C17H13N3O2/c1-2-22-17(21)15-10-14(11-18)20-8-5-13(9-16(15)20)12-3-6-19-7-4-12/h3-10H,2H2,1H3. The van der Waals surface area contributed by atoms with Crippen molar-refractivity contribution in [3.05, 3.63) is 60.2 Å². The molecule has 3 heterocycles. The van der Waals surface area contributed by atoms with E-state index in [-0.39, 0.29) is 0 Å². The minimum atomic E-state index is -0.423. The van der Waals surface area contributed by atoms with E-state index in [1.165, 1.54) is 0 Å². The van der Waals surface area contributed by atoms with Crippen LogP contribution in [0.5, 0.6) is 0 Å². The van der Waals surface area contributed by atoms with Gasteiger partial charge in [-0.2, -0.15) is 5.26 Å². The fourth-order valence-electron chi connectivity index (χ4n) is 2.38. The molecule has 0 radical (unpaired) electrons. The number of fused-ring (bicyclic) bond motifs is 1. The molecular formula is C17H13N3O2. The summed E-state index contributed by atoms with van der Waals surface area (Å²) in [7, 11) is 0. The number of hydrogen-bond acceptors (Lipinski definition) is 4. The highest BCUT2D eigenvalue weighted by atomic mass is 16.5. The summed E-state index contributed by atoms with van der Waals surface area (Å²) in [5.74, 6) is -0.423. The van der Waals surface area contributed by atoms with E-state index >= 15 is 0 Å². The van der Waals surface area contributed by atoms with Gasteiger partial charge in [0.25, 0.3) is 0 Å². The fraction of sp³-hybridized carbons (Fsp3) is 0.118. The van der Waals surface area contributed by atoms with Crippen LogP contribution in [0, 0.1) is 11.3 Å². The molecule has 0 unspecified atom stereocenters. The Balaban J connectivity index is 2.20. The molecule has 0 aliphatic heterocycles. The van der Waals surface area contributed by atoms with Gasteiger partial charge in [-0.15, -0.1) is 0 Å². The van der Waals surface area contributed by atoms with Crippen LogP contribution in [0.2, 0.25) is 0 Å². The van der Waals surface area contributed by atoms with Crippen molar-refractivity contribution in [2.45, 2.75) is 6.92 Å². The van der Waals surface area contributed by atoms with Gasteiger partial charge in [-0.3, -0.25) is 4.98 Å². The molecule has 108 valence electrons. The first-order valence-electron chi connectivity index (χ1n) is 6.87. The van der Waals surface area contributed by atoms with Crippen LogP contribution in [-0.4, -0.2) is 22.0 Å². The summed E-state index contributed by atoms with van der Waals surface area (Å²) in [4.78, 5) is 16.1. The summed E-state index contributed by atoms with van der Waals surface area (Å²) in [5, 5.41) is 9.22. The maximum Gasteiger partial charge on any atom is 0.340 e. The van der Waals surface area contributed by atoms with E-state index in [9.17, 15) is 10.1 Å². The summed E-state index contributed by atoms with van der Waals surface area (Å²) >= 11 is 0. The predicted octanol–water partition coefficient (Wildman–Crippen LogP) is 3.05. The van der Waals surface area contributed by atoms with Gasteiger partial charge in [0, 0.05) is 18.6 Å². The van der Waals surface area contributed by atoms with Gasteiger partial charge in [0.1, 0.15) is 11.8 Å². The van der Waals surface area contributed by atoms with Gasteiger partial charge in [-0.25, -0.2) is 4.79 Å². The third-order valence-corrected chi connectivity index (χ3v) is 3.40. The van der Waals surface area contributed by atoms with Crippen LogP contribution < -0.4 is 0 Å². The molecular weight excluding hydrogens is 278 g/mol. The second kappa shape index (κ2) is 5.70. The van der Waals surface area contributed by atoms with Gasteiger partial charge in [0.2, 0.25) is 0 Å². The number of nitriles is 1. The second-order valence-electron chi connectivity index (χ2n) is 4.68. The Hall–Kier alpha value is -3.13. The quantitative estimate of drug-likeness (QED) is 0.695. The summed E-state index contributed by atoms with van der Waals surface area (Å²) in [6.07, 6.45) is 5.21. The highest BCUT2D eigenvalue weighted by Crippen LogP contribution is 2.25. The van der Waals surface area contributed by atoms with Crippen LogP contribution in [0.1, 0.15) is 23.0 Å². The summed E-state index contributed by atoms with van der Waals surface area (Å²) < 4.78 is 6.76. The van der Waals surface area contributed by atoms with E-state index in [2.05, 4.69) is 11.1 Å². The van der Waals surface area contributed by atoms with Gasteiger partial charge in [-0.05, 0) is 48.4 Å². The number of esters is 1. The van der Waals surface area contributed by atoms with Crippen LogP contribution >= 0.6 is 0 Å². The maximum absolute atomic E-state index is 12.1. The Morgan fingerprint density at radius 1 is 1.27 bits per heavy atom. The Morgan fingerprint density at radius 2 is 2.05 bits per heavy atom. The minimum Gasteiger partial charge on any atom is -0.462 e. The topological polar surface area (TPSA) is 67.4 Å². The molecule has 0 aromatic carbocycles. The number of nitrogens with zero attached hydrogens (tertiary/aromatic N) is 3. The van der Waals surface area contributed by atoms with Crippen molar-refractivity contribution in [2.75, 3.05) is 6.61 Å². The molecule has 22 heavy (non-hydrogen) atoms. The molecule has 3 aromatic heterocycles. The van der Waals surface area contributed by atoms with E-state index in [0.29, 0.717) is 23.4 Å². The van der Waals surface area contributed by atoms with Crippen molar-refractivity contribution in [2.24, 2.45) is 0 Å². The van der Waals surface area contributed by atoms with Crippen molar-refractivity contribution in [1.82, 2.24) is 9.38 Å². The lowest BCUT2D eigenvalue weighted by Gasteiger charge is -2.05. The van der Waals surface area contributed by atoms with Crippen LogP contribution in [-0.2, 0) is 4.74 Å². The van der Waals surface area contributed by atoms with Crippen molar-refractivity contribution in [1.29, 1.82) is 5.26 Å². The van der Waals surface area contributed by atoms with Crippen molar-refractivity contribution < 1.29 is 9.53 Å². The first kappa shape index (κ1) is 13.8. The fourth-order valence-corrected chi connectivity index (χ4v) is 2.38. The van der Waals surface area contributed by atoms with Crippen LogP contribution in [0.15, 0.2) is 48.9 Å². The smallest absolute Gasteiger partial charge is 0.340 e. The van der Waals surface area contributed by atoms with E-state index in [1.54, 1.807) is 36.0 Å². The molecule has 3 aromatic rings. The molecule has 0 saturated carbocycles. The zero-order chi connectivity index (χ0) is 15.5. The lowest BCUT2D eigenvalue weighted by atomic mass is 10.1. The number of hydrogen-bond donors (Lipinski definition) is 0. The van der Waals surface area contributed by atoms with Gasteiger partial charge >= 0.3 is 5.97 Å². The SMILES string of the molecule is CCOC(=O)c1cc(C#N)n2ccc(-c3ccncc3)cc12. The lowest BCUT2D eigenvalue weighted by molar-refractivity contribution is 0.0529. The van der Waals surface area contributed by atoms with E-state index in [4.69, 9.17) is 4.74 Å². The van der Waals surface area contributed by atoms with Crippen molar-refractivity contribution >= 4 is 11.5 Å². The zero-order valence-corrected chi connectivity index (χ0v) is 12.0. The third kappa shape index (κ3) is 2.31. The van der Waals surface area contributed by atoms with Gasteiger partial charge in [0.05, 0.1) is 17.7 Å². The summed E-state index contributed by atoms with van der Waals surface area (Å²) in [6, 6.07) is 11.2. The Labute approximate surface area is 127 Å². The molecule has 0 N–H and O–H groups in total. The highest BCUT2D eigenvalue weighted by molar-refractivity contribution is 5.98. The van der Waals surface area contributed by atoms with Gasteiger partial charge < -0.3 is 9.14 Å². The Morgan fingerprint density at radius 3 is 2.73 bits per heavy atom. The van der Waals surface area contributed by atoms with Crippen LogP contribution in [0.25, 0.3) is 16.6 Å². The van der Waals surface area contributed by atoms with Crippen LogP contribution in [0.3, 0.4) is 0 Å². The number of carbonyl (C=O) groups is 1. The van der Waals surface area contributed by atoms with Gasteiger partial charge in [0.15, 0.2) is 0 Å². The number of aromatic nitrogens is 2. The van der Waals surface area contributed by atoms with Gasteiger partial charge in [-0.1, -0.05) is 0 Å². The predicted molar refractivity (Wildman–Crippen MR) is 81.3 cm³/mol. The first-order valence-corrected chi connectivity index (χ1v) is 6.87. The minimum absolute atomic E-state index is 0.294.